The van der Waals surface area contributed by atoms with Crippen molar-refractivity contribution in [3.63, 3.8) is 0 Å². The lowest BCUT2D eigenvalue weighted by molar-refractivity contribution is -0.501. The number of nitrogen functional groups attached to an aromatic ring is 1. The third-order valence-electron chi connectivity index (χ3n) is 4.85. The van der Waals surface area contributed by atoms with Crippen LogP contribution in [0.3, 0.4) is 0 Å². The van der Waals surface area contributed by atoms with Crippen molar-refractivity contribution in [2.24, 2.45) is 10.3 Å². The molecule has 0 radical (unpaired) electrons. The van der Waals surface area contributed by atoms with Crippen LogP contribution >= 0.6 is 0 Å². The van der Waals surface area contributed by atoms with Crippen molar-refractivity contribution < 1.29 is 24.7 Å². The zero-order chi connectivity index (χ0) is 18.6. The van der Waals surface area contributed by atoms with E-state index in [1.54, 1.807) is 28.7 Å². The molecular weight excluding hydrogens is 342 g/mol. The van der Waals surface area contributed by atoms with Crippen LogP contribution in [0.2, 0.25) is 0 Å². The van der Waals surface area contributed by atoms with Crippen LogP contribution in [0, 0.1) is 0 Å². The van der Waals surface area contributed by atoms with Gasteiger partial charge in [-0.1, -0.05) is 0 Å². The summed E-state index contributed by atoms with van der Waals surface area (Å²) in [6, 6.07) is -0.387. The summed E-state index contributed by atoms with van der Waals surface area (Å²) in [5.41, 5.74) is 5.55. The molecule has 2 aliphatic heterocycles. The highest BCUT2D eigenvalue weighted by atomic mass is 16.6. The Morgan fingerprint density at radius 1 is 1.42 bits per heavy atom. The molecule has 0 aromatic carbocycles. The van der Waals surface area contributed by atoms with E-state index in [2.05, 4.69) is 20.3 Å². The van der Waals surface area contributed by atoms with Crippen molar-refractivity contribution in [2.45, 2.75) is 37.0 Å². The van der Waals surface area contributed by atoms with Crippen LogP contribution in [-0.4, -0.2) is 72.2 Å². The van der Waals surface area contributed by atoms with Gasteiger partial charge in [0, 0.05) is 16.9 Å². The first-order chi connectivity index (χ1) is 12.3. The Labute approximate surface area is 148 Å². The number of rotatable bonds is 3. The molecule has 2 aliphatic rings. The lowest BCUT2D eigenvalue weighted by Crippen LogP contribution is -2.44. The van der Waals surface area contributed by atoms with E-state index in [4.69, 9.17) is 10.5 Å². The van der Waals surface area contributed by atoms with Crippen LogP contribution in [0.1, 0.15) is 24.8 Å². The van der Waals surface area contributed by atoms with Gasteiger partial charge >= 0.3 is 0 Å². The number of ether oxygens (including phenoxy) is 1. The summed E-state index contributed by atoms with van der Waals surface area (Å²) in [5, 5.41) is 39.2. The van der Waals surface area contributed by atoms with Crippen LogP contribution in [0.5, 0.6) is 0 Å². The lowest BCUT2D eigenvalue weighted by Gasteiger charge is -2.27. The van der Waals surface area contributed by atoms with Crippen molar-refractivity contribution >= 4 is 23.1 Å². The van der Waals surface area contributed by atoms with Gasteiger partial charge in [0.05, 0.1) is 12.0 Å². The molecule has 11 nitrogen and oxygen atoms in total. The predicted molar refractivity (Wildman–Crippen MR) is 89.4 cm³/mol. The van der Waals surface area contributed by atoms with E-state index < -0.39 is 30.6 Å². The molecule has 1 fully saturated rings. The van der Waals surface area contributed by atoms with Gasteiger partial charge in [-0.2, -0.15) is 0 Å². The second kappa shape index (κ2) is 5.77. The van der Waals surface area contributed by atoms with Crippen LogP contribution in [-0.2, 0) is 4.74 Å². The van der Waals surface area contributed by atoms with Crippen molar-refractivity contribution in [3.8, 4) is 0 Å². The number of anilines is 1. The molecule has 0 amide bonds. The van der Waals surface area contributed by atoms with Gasteiger partial charge in [-0.25, -0.2) is 9.97 Å². The second-order valence-corrected chi connectivity index (χ2v) is 6.70. The van der Waals surface area contributed by atoms with Gasteiger partial charge in [-0.05, 0) is 6.92 Å². The molecule has 11 heteroatoms. The van der Waals surface area contributed by atoms with Crippen molar-refractivity contribution in [1.82, 2.24) is 14.5 Å². The molecule has 5 N–H and O–H groups in total. The molecule has 1 unspecified atom stereocenters. The van der Waals surface area contributed by atoms with E-state index in [-0.39, 0.29) is 11.9 Å². The Hall–Kier alpha value is -2.47. The van der Waals surface area contributed by atoms with Gasteiger partial charge in [0.1, 0.15) is 54.1 Å². The van der Waals surface area contributed by atoms with Crippen LogP contribution < -0.4 is 5.73 Å². The summed E-state index contributed by atoms with van der Waals surface area (Å²) in [6.07, 6.45) is 1.66. The fourth-order valence-electron chi connectivity index (χ4n) is 3.47. The molecule has 2 aromatic heterocycles. The molecular formula is C15H20N7O4+. The molecule has 1 saturated heterocycles. The van der Waals surface area contributed by atoms with Crippen molar-refractivity contribution in [3.05, 3.63) is 18.1 Å². The Morgan fingerprint density at radius 3 is 2.81 bits per heavy atom. The molecule has 5 atom stereocenters. The maximum Gasteiger partial charge on any atom is 0.249 e. The average Bonchev–Trinajstić information content (AvgIpc) is 3.25. The van der Waals surface area contributed by atoms with E-state index in [0.29, 0.717) is 16.6 Å². The summed E-state index contributed by atoms with van der Waals surface area (Å²) in [6.45, 7) is 1.02. The number of fused-ring (bicyclic) bond motifs is 1. The SMILES string of the molecule is C[N+]1=CC(c2cn([C@@H]3O[C@H](CO)[C@@H](O)[C@@]3(C)O)c3ncnc(N)c23)N=N1. The summed E-state index contributed by atoms with van der Waals surface area (Å²) in [4.78, 5) is 8.32. The standard InChI is InChI=1S/C15H20N7O4/c1-15(25)11(24)9(5-23)26-14(15)22-3-7(8-4-21(2)20-19-8)10-12(16)17-6-18-13(10)22/h3-4,6,8-9,11,14,23-25H,5H2,1-2H3,(H2,16,17,18)/q+1/t8?,9-,11-,14-,15-/m1/s1. The van der Waals surface area contributed by atoms with E-state index in [1.165, 1.54) is 13.3 Å². The Kier molecular flexibility index (Phi) is 3.77. The summed E-state index contributed by atoms with van der Waals surface area (Å²) in [5.74, 6) is 0.263. The molecule has 4 rings (SSSR count). The number of nitrogens with two attached hydrogens (primary N) is 1. The van der Waals surface area contributed by atoms with Crippen LogP contribution in [0.25, 0.3) is 11.0 Å². The number of hydrogen-bond acceptors (Lipinski definition) is 9. The number of aliphatic hydroxyl groups excluding tert-OH is 2. The zero-order valence-electron chi connectivity index (χ0n) is 14.3. The van der Waals surface area contributed by atoms with E-state index in [0.717, 1.165) is 0 Å². The van der Waals surface area contributed by atoms with Gasteiger partial charge in [-0.15, -0.1) is 4.68 Å². The summed E-state index contributed by atoms with van der Waals surface area (Å²) in [7, 11) is 1.76. The first kappa shape index (κ1) is 17.0. The van der Waals surface area contributed by atoms with Crippen LogP contribution in [0.4, 0.5) is 5.82 Å². The minimum atomic E-state index is -1.64. The molecule has 0 bridgehead atoms. The van der Waals surface area contributed by atoms with E-state index >= 15 is 0 Å². The monoisotopic (exact) mass is 362 g/mol. The van der Waals surface area contributed by atoms with Gasteiger partial charge in [0.2, 0.25) is 6.04 Å². The highest BCUT2D eigenvalue weighted by Crippen LogP contribution is 2.42. The molecule has 0 saturated carbocycles. The van der Waals surface area contributed by atoms with Gasteiger partial charge in [0.15, 0.2) is 6.23 Å². The Bertz CT molecular complexity index is 922. The maximum absolute atomic E-state index is 10.8. The van der Waals surface area contributed by atoms with Gasteiger partial charge < -0.3 is 30.4 Å². The van der Waals surface area contributed by atoms with Crippen LogP contribution in [0.15, 0.2) is 22.9 Å². The third kappa shape index (κ3) is 2.32. The smallest absolute Gasteiger partial charge is 0.249 e. The van der Waals surface area contributed by atoms with Crippen molar-refractivity contribution in [1.29, 1.82) is 0 Å². The molecule has 0 aliphatic carbocycles. The topological polar surface area (TPSA) is 154 Å². The first-order valence-electron chi connectivity index (χ1n) is 8.10. The highest BCUT2D eigenvalue weighted by Gasteiger charge is 2.53. The van der Waals surface area contributed by atoms with Gasteiger partial charge in [-0.3, -0.25) is 0 Å². The maximum atomic E-state index is 10.8. The average molecular weight is 362 g/mol. The molecule has 0 spiro atoms. The summed E-state index contributed by atoms with van der Waals surface area (Å²) < 4.78 is 8.88. The number of aromatic nitrogens is 3. The fourth-order valence-corrected chi connectivity index (χ4v) is 3.47. The molecule has 2 aromatic rings. The van der Waals surface area contributed by atoms with E-state index in [1.807, 2.05) is 0 Å². The molecule has 4 heterocycles. The molecule has 26 heavy (non-hydrogen) atoms. The summed E-state index contributed by atoms with van der Waals surface area (Å²) >= 11 is 0. The van der Waals surface area contributed by atoms with E-state index in [9.17, 15) is 15.3 Å². The largest absolute Gasteiger partial charge is 0.394 e. The molecule has 138 valence electrons. The van der Waals surface area contributed by atoms with Gasteiger partial charge in [0.25, 0.3) is 0 Å². The minimum absolute atomic E-state index is 0.263. The predicted octanol–water partition coefficient (Wildman–Crippen LogP) is -0.850. The highest BCUT2D eigenvalue weighted by molar-refractivity contribution is 5.92. The van der Waals surface area contributed by atoms with Crippen molar-refractivity contribution in [2.75, 3.05) is 19.4 Å². The fraction of sp³-hybridized carbons (Fsp3) is 0.533. The normalized spacial score (nSPS) is 34.0. The Morgan fingerprint density at radius 2 is 2.19 bits per heavy atom. The minimum Gasteiger partial charge on any atom is -0.394 e. The quantitative estimate of drug-likeness (QED) is 0.518. The first-order valence-corrected chi connectivity index (χ1v) is 8.10. The number of aliphatic hydroxyl groups is 3. The second-order valence-electron chi connectivity index (χ2n) is 6.70. The number of nitrogens with zero attached hydrogens (tertiary/aromatic N) is 6. The third-order valence-corrected chi connectivity index (χ3v) is 4.85. The lowest BCUT2D eigenvalue weighted by atomic mass is 9.96. The Balaban J connectivity index is 1.89. The zero-order valence-corrected chi connectivity index (χ0v) is 14.3. The number of hydrogen-bond donors (Lipinski definition) is 4.